The zero-order valence-corrected chi connectivity index (χ0v) is 18.2. The van der Waals surface area contributed by atoms with E-state index in [4.69, 9.17) is 5.11 Å². The molecule has 170 valence electrons. The van der Waals surface area contributed by atoms with Gasteiger partial charge in [-0.15, -0.1) is 11.8 Å². The number of amides is 1. The number of halogens is 3. The van der Waals surface area contributed by atoms with E-state index < -0.39 is 17.7 Å². The number of carbonyl (C=O) groups is 2. The number of carboxylic acids is 1. The molecule has 0 atom stereocenters. The van der Waals surface area contributed by atoms with E-state index in [1.54, 1.807) is 17.8 Å². The van der Waals surface area contributed by atoms with Crippen molar-refractivity contribution in [1.82, 2.24) is 0 Å². The maximum atomic E-state index is 12.9. The van der Waals surface area contributed by atoms with Crippen molar-refractivity contribution in [2.45, 2.75) is 30.5 Å². The topological polar surface area (TPSA) is 57.6 Å². The van der Waals surface area contributed by atoms with Crippen molar-refractivity contribution in [2.75, 3.05) is 10.7 Å². The van der Waals surface area contributed by atoms with Crippen LogP contribution in [-0.2, 0) is 30.4 Å². The van der Waals surface area contributed by atoms with Crippen molar-refractivity contribution in [2.24, 2.45) is 0 Å². The summed E-state index contributed by atoms with van der Waals surface area (Å²) in [5.41, 5.74) is 2.97. The summed E-state index contributed by atoms with van der Waals surface area (Å²) in [7, 11) is 0. The van der Waals surface area contributed by atoms with Crippen LogP contribution >= 0.6 is 11.8 Å². The minimum absolute atomic E-state index is 0.00531. The first kappa shape index (κ1) is 22.9. The SMILES string of the molecule is O=C(O)Cc1ccc(CCSc2cccc3c2CN(c2ccc(C(F)(F)F)cc2)C3=O)cc1. The summed E-state index contributed by atoms with van der Waals surface area (Å²) < 4.78 is 38.5. The highest BCUT2D eigenvalue weighted by Crippen LogP contribution is 2.36. The van der Waals surface area contributed by atoms with E-state index in [1.807, 2.05) is 36.4 Å². The minimum Gasteiger partial charge on any atom is -0.481 e. The van der Waals surface area contributed by atoms with Gasteiger partial charge in [0.05, 0.1) is 18.5 Å². The average Bonchev–Trinajstić information content (AvgIpc) is 3.11. The highest BCUT2D eigenvalue weighted by molar-refractivity contribution is 7.99. The lowest BCUT2D eigenvalue weighted by Gasteiger charge is -2.17. The van der Waals surface area contributed by atoms with E-state index in [-0.39, 0.29) is 12.3 Å². The van der Waals surface area contributed by atoms with Gasteiger partial charge in [0.25, 0.3) is 5.91 Å². The smallest absolute Gasteiger partial charge is 0.416 e. The number of thioether (sulfide) groups is 1. The van der Waals surface area contributed by atoms with Gasteiger partial charge in [0.1, 0.15) is 0 Å². The lowest BCUT2D eigenvalue weighted by molar-refractivity contribution is -0.138. The normalized spacial score (nSPS) is 13.3. The molecule has 33 heavy (non-hydrogen) atoms. The van der Waals surface area contributed by atoms with Crippen molar-refractivity contribution in [3.05, 3.63) is 94.5 Å². The fourth-order valence-electron chi connectivity index (χ4n) is 3.76. The molecular weight excluding hydrogens is 451 g/mol. The van der Waals surface area contributed by atoms with Crippen LogP contribution in [0.4, 0.5) is 18.9 Å². The first-order valence-electron chi connectivity index (χ1n) is 10.3. The number of carbonyl (C=O) groups excluding carboxylic acids is 1. The van der Waals surface area contributed by atoms with Crippen LogP contribution in [0.3, 0.4) is 0 Å². The maximum absolute atomic E-state index is 12.9. The number of aryl methyl sites for hydroxylation is 1. The molecule has 0 spiro atoms. The van der Waals surface area contributed by atoms with E-state index in [1.165, 1.54) is 17.0 Å². The number of benzene rings is 3. The molecule has 0 bridgehead atoms. The van der Waals surface area contributed by atoms with Crippen LogP contribution in [0, 0.1) is 0 Å². The molecule has 0 aromatic heterocycles. The van der Waals surface area contributed by atoms with Gasteiger partial charge < -0.3 is 10.0 Å². The van der Waals surface area contributed by atoms with Crippen molar-refractivity contribution < 1.29 is 27.9 Å². The third-order valence-corrected chi connectivity index (χ3v) is 6.56. The second-order valence-electron chi connectivity index (χ2n) is 7.70. The molecule has 4 nitrogen and oxygen atoms in total. The van der Waals surface area contributed by atoms with Crippen molar-refractivity contribution in [1.29, 1.82) is 0 Å². The summed E-state index contributed by atoms with van der Waals surface area (Å²) in [6.07, 6.45) is -3.65. The van der Waals surface area contributed by atoms with Crippen LogP contribution < -0.4 is 4.90 Å². The first-order chi connectivity index (χ1) is 15.7. The molecule has 3 aromatic rings. The second-order valence-corrected chi connectivity index (χ2v) is 8.84. The average molecular weight is 472 g/mol. The Bertz CT molecular complexity index is 1170. The van der Waals surface area contributed by atoms with E-state index in [0.29, 0.717) is 17.8 Å². The molecule has 3 aromatic carbocycles. The molecule has 1 heterocycles. The quantitative estimate of drug-likeness (QED) is 0.441. The highest BCUT2D eigenvalue weighted by atomic mass is 32.2. The van der Waals surface area contributed by atoms with Gasteiger partial charge in [-0.2, -0.15) is 13.2 Å². The largest absolute Gasteiger partial charge is 0.481 e. The lowest BCUT2D eigenvalue weighted by Crippen LogP contribution is -2.23. The summed E-state index contributed by atoms with van der Waals surface area (Å²) in [6, 6.07) is 17.6. The number of nitrogens with zero attached hydrogens (tertiary/aromatic N) is 1. The maximum Gasteiger partial charge on any atom is 0.416 e. The van der Waals surface area contributed by atoms with Crippen LogP contribution in [0.5, 0.6) is 0 Å². The molecule has 0 saturated heterocycles. The summed E-state index contributed by atoms with van der Waals surface area (Å²) in [4.78, 5) is 26.1. The van der Waals surface area contributed by atoms with Gasteiger partial charge in [0, 0.05) is 21.9 Å². The zero-order chi connectivity index (χ0) is 23.6. The fraction of sp³-hybridized carbons (Fsp3) is 0.200. The molecule has 0 fully saturated rings. The number of carboxylic acid groups (broad SMARTS) is 1. The molecule has 8 heteroatoms. The Balaban J connectivity index is 1.42. The van der Waals surface area contributed by atoms with E-state index >= 15 is 0 Å². The van der Waals surface area contributed by atoms with Crippen LogP contribution in [0.2, 0.25) is 0 Å². The fourth-order valence-corrected chi connectivity index (χ4v) is 4.84. The van der Waals surface area contributed by atoms with E-state index in [0.717, 1.165) is 45.9 Å². The Labute approximate surface area is 193 Å². The predicted molar refractivity (Wildman–Crippen MR) is 121 cm³/mol. The Morgan fingerprint density at radius 1 is 0.970 bits per heavy atom. The summed E-state index contributed by atoms with van der Waals surface area (Å²) in [5, 5.41) is 8.86. The third-order valence-electron chi connectivity index (χ3n) is 5.46. The van der Waals surface area contributed by atoms with Gasteiger partial charge in [0.15, 0.2) is 0 Å². The highest BCUT2D eigenvalue weighted by Gasteiger charge is 2.33. The zero-order valence-electron chi connectivity index (χ0n) is 17.4. The van der Waals surface area contributed by atoms with Gasteiger partial charge in [-0.25, -0.2) is 0 Å². The van der Waals surface area contributed by atoms with Gasteiger partial charge in [-0.1, -0.05) is 30.3 Å². The molecule has 1 amide bonds. The molecule has 0 radical (unpaired) electrons. The predicted octanol–water partition coefficient (Wildman–Crippen LogP) is 5.83. The number of alkyl halides is 3. The lowest BCUT2D eigenvalue weighted by atomic mass is 10.1. The van der Waals surface area contributed by atoms with Crippen LogP contribution in [0.1, 0.15) is 32.6 Å². The molecule has 1 aliphatic heterocycles. The molecule has 0 saturated carbocycles. The van der Waals surface area contributed by atoms with Crippen molar-refractivity contribution in [3.63, 3.8) is 0 Å². The van der Waals surface area contributed by atoms with E-state index in [2.05, 4.69) is 0 Å². The van der Waals surface area contributed by atoms with Crippen molar-refractivity contribution in [3.8, 4) is 0 Å². The Morgan fingerprint density at radius 2 is 1.64 bits per heavy atom. The summed E-state index contributed by atoms with van der Waals surface area (Å²) in [5.74, 6) is -0.319. The number of hydrogen-bond acceptors (Lipinski definition) is 3. The minimum atomic E-state index is -4.42. The molecule has 0 aliphatic carbocycles. The van der Waals surface area contributed by atoms with Crippen molar-refractivity contribution >= 4 is 29.3 Å². The molecule has 0 unspecified atom stereocenters. The number of rotatable bonds is 7. The number of anilines is 1. The van der Waals surface area contributed by atoms with Gasteiger partial charge in [-0.05, 0) is 59.5 Å². The number of fused-ring (bicyclic) bond motifs is 1. The Morgan fingerprint density at radius 3 is 2.27 bits per heavy atom. The van der Waals surface area contributed by atoms with Crippen LogP contribution in [0.25, 0.3) is 0 Å². The van der Waals surface area contributed by atoms with Gasteiger partial charge in [0.2, 0.25) is 0 Å². The van der Waals surface area contributed by atoms with Gasteiger partial charge >= 0.3 is 12.1 Å². The van der Waals surface area contributed by atoms with Crippen LogP contribution in [-0.4, -0.2) is 22.7 Å². The molecular formula is C25H20F3NO3S. The first-order valence-corrected chi connectivity index (χ1v) is 11.2. The third kappa shape index (κ3) is 5.22. The molecule has 1 N–H and O–H groups in total. The molecule has 1 aliphatic rings. The second kappa shape index (κ2) is 9.31. The van der Waals surface area contributed by atoms with E-state index in [9.17, 15) is 22.8 Å². The summed E-state index contributed by atoms with van der Waals surface area (Å²) in [6.45, 7) is 0.312. The number of hydrogen-bond donors (Lipinski definition) is 1. The Hall–Kier alpha value is -3.26. The molecule has 4 rings (SSSR count). The monoisotopic (exact) mass is 471 g/mol. The standard InChI is InChI=1S/C25H20F3NO3S/c26-25(27,28)18-8-10-19(11-9-18)29-15-21-20(24(29)32)2-1-3-22(21)33-13-12-16-4-6-17(7-5-16)14-23(30)31/h1-11H,12-15H2,(H,30,31). The summed E-state index contributed by atoms with van der Waals surface area (Å²) >= 11 is 1.62. The van der Waals surface area contributed by atoms with Gasteiger partial charge in [-0.3, -0.25) is 9.59 Å². The Kier molecular flexibility index (Phi) is 6.47. The number of aliphatic carboxylic acids is 1. The van der Waals surface area contributed by atoms with Crippen LogP contribution in [0.15, 0.2) is 71.6 Å².